The molecule has 0 bridgehead atoms. The molecule has 2 atom stereocenters. The van der Waals surface area contributed by atoms with Gasteiger partial charge in [0.2, 0.25) is 0 Å². The van der Waals surface area contributed by atoms with Gasteiger partial charge in [-0.3, -0.25) is 0 Å². The third-order valence-electron chi connectivity index (χ3n) is 6.11. The van der Waals surface area contributed by atoms with Crippen LogP contribution in [0.5, 0.6) is 11.5 Å². The third-order valence-corrected chi connectivity index (χ3v) is 8.94. The van der Waals surface area contributed by atoms with Crippen molar-refractivity contribution >= 4 is 44.1 Å². The Balaban J connectivity index is 1.64. The van der Waals surface area contributed by atoms with E-state index in [2.05, 4.69) is 40.8 Å². The van der Waals surface area contributed by atoms with Crippen LogP contribution in [0.1, 0.15) is 24.0 Å². The largest absolute Gasteiger partial charge is 0.504 e. The van der Waals surface area contributed by atoms with Crippen LogP contribution in [0, 0.1) is 3.57 Å². The molecule has 0 spiro atoms. The van der Waals surface area contributed by atoms with Crippen molar-refractivity contribution in [3.8, 4) is 11.5 Å². The van der Waals surface area contributed by atoms with E-state index >= 15 is 0 Å². The normalized spacial score (nSPS) is 22.0. The van der Waals surface area contributed by atoms with Crippen LogP contribution < -0.4 is 4.74 Å². The lowest BCUT2D eigenvalue weighted by molar-refractivity contribution is 0.118. The number of hydrogen-bond acceptors (Lipinski definition) is 6. The van der Waals surface area contributed by atoms with Crippen LogP contribution in [-0.4, -0.2) is 58.1 Å². The minimum absolute atomic E-state index is 0.0633. The highest BCUT2D eigenvalue weighted by molar-refractivity contribution is 14.1. The van der Waals surface area contributed by atoms with Crippen LogP contribution >= 0.6 is 22.6 Å². The van der Waals surface area contributed by atoms with Crippen molar-refractivity contribution in [3.05, 3.63) is 68.3 Å². The Bertz CT molecular complexity index is 1190. The van der Waals surface area contributed by atoms with Crippen molar-refractivity contribution in [2.24, 2.45) is 0 Å². The summed E-state index contributed by atoms with van der Waals surface area (Å²) >= 11 is 2.09. The number of halogens is 1. The third kappa shape index (κ3) is 5.13. The number of methoxy groups -OCH3 is 2. The van der Waals surface area contributed by atoms with Gasteiger partial charge in [-0.25, -0.2) is 8.42 Å². The summed E-state index contributed by atoms with van der Waals surface area (Å²) in [5, 5.41) is 9.64. The van der Waals surface area contributed by atoms with Crippen molar-refractivity contribution in [3.63, 3.8) is 0 Å². The van der Waals surface area contributed by atoms with Crippen molar-refractivity contribution in [1.29, 1.82) is 0 Å². The van der Waals surface area contributed by atoms with Gasteiger partial charge in [0.15, 0.2) is 21.3 Å². The number of fused-ring (bicyclic) bond motifs is 1. The van der Waals surface area contributed by atoms with Crippen molar-refractivity contribution in [1.82, 2.24) is 0 Å². The number of rotatable bonds is 8. The fourth-order valence-corrected chi connectivity index (χ4v) is 7.13. The van der Waals surface area contributed by atoms with Gasteiger partial charge in [-0.1, -0.05) is 36.4 Å². The molecule has 2 aliphatic heterocycles. The molecule has 176 valence electrons. The molecule has 6 nitrogen and oxygen atoms in total. The van der Waals surface area contributed by atoms with E-state index in [1.165, 1.54) is 7.11 Å². The molecule has 1 N–H and O–H groups in total. The molecule has 8 heteroatoms. The molecule has 2 aliphatic rings. The zero-order chi connectivity index (χ0) is 23.6. The maximum Gasteiger partial charge on any atom is 0.171 e. The topological polar surface area (TPSA) is 82.1 Å². The molecule has 1 fully saturated rings. The molecule has 0 amide bonds. The Hall–Kier alpha value is -1.88. The second-order valence-electron chi connectivity index (χ2n) is 8.24. The highest BCUT2D eigenvalue weighted by Gasteiger charge is 2.46. The van der Waals surface area contributed by atoms with Crippen LogP contribution in [0.3, 0.4) is 0 Å². The number of aromatic hydroxyl groups is 1. The van der Waals surface area contributed by atoms with Gasteiger partial charge in [-0.15, -0.1) is 0 Å². The average molecular weight is 582 g/mol. The lowest BCUT2D eigenvalue weighted by atomic mass is 9.93. The van der Waals surface area contributed by atoms with Crippen molar-refractivity contribution in [2.45, 2.75) is 24.2 Å². The number of ether oxygens (including phenoxy) is 3. The molecular weight excluding hydrogens is 555 g/mol. The molecule has 1 saturated heterocycles. The SMILES string of the molecule is COCC1=C2[C@@H](CC/C(=C/c3cc(I)c(O)c(OC)c3)c3ccccc3)OC[C@@H]2S(=O)(=O)C1. The van der Waals surface area contributed by atoms with Crippen LogP contribution in [0.4, 0.5) is 0 Å². The van der Waals surface area contributed by atoms with Gasteiger partial charge in [0.1, 0.15) is 5.25 Å². The second-order valence-corrected chi connectivity index (χ2v) is 11.6. The Morgan fingerprint density at radius 2 is 2.00 bits per heavy atom. The molecule has 0 unspecified atom stereocenters. The molecular formula is C25H27IO6S. The van der Waals surface area contributed by atoms with Crippen molar-refractivity contribution in [2.75, 3.05) is 33.2 Å². The number of hydrogen-bond donors (Lipinski definition) is 1. The molecule has 0 radical (unpaired) electrons. The molecule has 33 heavy (non-hydrogen) atoms. The van der Waals surface area contributed by atoms with E-state index in [0.717, 1.165) is 27.8 Å². The molecule has 0 aliphatic carbocycles. The highest BCUT2D eigenvalue weighted by atomic mass is 127. The number of allylic oxidation sites excluding steroid dienone is 1. The van der Waals surface area contributed by atoms with E-state index in [9.17, 15) is 13.5 Å². The van der Waals surface area contributed by atoms with Gasteiger partial charge in [0.05, 0.1) is 35.8 Å². The van der Waals surface area contributed by atoms with Gasteiger partial charge in [-0.2, -0.15) is 0 Å². The van der Waals surface area contributed by atoms with Crippen molar-refractivity contribution < 1.29 is 27.7 Å². The summed E-state index contributed by atoms with van der Waals surface area (Å²) in [7, 11) is -0.0976. The monoisotopic (exact) mass is 582 g/mol. The lowest BCUT2D eigenvalue weighted by Gasteiger charge is -2.16. The predicted octanol–water partition coefficient (Wildman–Crippen LogP) is 4.47. The van der Waals surface area contributed by atoms with E-state index in [0.29, 0.717) is 28.8 Å². The molecule has 0 saturated carbocycles. The lowest BCUT2D eigenvalue weighted by Crippen LogP contribution is -2.19. The van der Waals surface area contributed by atoms with E-state index < -0.39 is 15.1 Å². The maximum atomic E-state index is 12.6. The fraction of sp³-hybridized carbons (Fsp3) is 0.360. The van der Waals surface area contributed by atoms with Gasteiger partial charge < -0.3 is 19.3 Å². The molecule has 2 aromatic carbocycles. The van der Waals surface area contributed by atoms with Gasteiger partial charge in [0.25, 0.3) is 0 Å². The summed E-state index contributed by atoms with van der Waals surface area (Å²) in [5.41, 5.74) is 4.83. The number of sulfone groups is 1. The van der Waals surface area contributed by atoms with Crippen LogP contribution in [0.2, 0.25) is 0 Å². The van der Waals surface area contributed by atoms with Crippen LogP contribution in [0.25, 0.3) is 11.6 Å². The maximum absolute atomic E-state index is 12.6. The summed E-state index contributed by atoms with van der Waals surface area (Å²) in [6.45, 7) is 0.533. The summed E-state index contributed by atoms with van der Waals surface area (Å²) < 4.78 is 42.4. The first-order valence-electron chi connectivity index (χ1n) is 10.7. The Labute approximate surface area is 208 Å². The van der Waals surface area contributed by atoms with E-state index in [4.69, 9.17) is 14.2 Å². The first-order valence-corrected chi connectivity index (χ1v) is 13.5. The predicted molar refractivity (Wildman–Crippen MR) is 137 cm³/mol. The van der Waals surface area contributed by atoms with E-state index in [1.807, 2.05) is 30.3 Å². The van der Waals surface area contributed by atoms with Gasteiger partial charge >= 0.3 is 0 Å². The summed E-state index contributed by atoms with van der Waals surface area (Å²) in [6.07, 6.45) is 3.22. The summed E-state index contributed by atoms with van der Waals surface area (Å²) in [6, 6.07) is 13.8. The minimum Gasteiger partial charge on any atom is -0.504 e. The number of benzene rings is 2. The molecule has 2 aromatic rings. The van der Waals surface area contributed by atoms with Crippen LogP contribution in [-0.2, 0) is 19.3 Å². The average Bonchev–Trinajstić information content (AvgIpc) is 3.34. The Morgan fingerprint density at radius 3 is 2.70 bits per heavy atom. The minimum atomic E-state index is -3.22. The molecule has 2 heterocycles. The Morgan fingerprint density at radius 1 is 1.24 bits per heavy atom. The van der Waals surface area contributed by atoms with Gasteiger partial charge in [0, 0.05) is 7.11 Å². The molecule has 4 rings (SSSR count). The first kappa shape index (κ1) is 24.3. The van der Waals surface area contributed by atoms with E-state index in [1.54, 1.807) is 7.11 Å². The van der Waals surface area contributed by atoms with Crippen LogP contribution in [0.15, 0.2) is 53.6 Å². The standard InChI is InChI=1S/C25H27IO6S/c1-30-13-19-15-33(28,29)23-14-32-21(24(19)23)9-8-18(17-6-4-3-5-7-17)10-16-11-20(26)25(27)22(12-16)31-2/h3-7,10-12,21,23,27H,8-9,13-15H2,1-2H3/b18-10-/t21-,23+/m1/s1. The number of phenolic OH excluding ortho intramolecular Hbond substituents is 1. The first-order chi connectivity index (χ1) is 15.8. The highest BCUT2D eigenvalue weighted by Crippen LogP contribution is 2.40. The number of phenols is 1. The molecule has 0 aromatic heterocycles. The fourth-order valence-electron chi connectivity index (χ4n) is 4.58. The smallest absolute Gasteiger partial charge is 0.171 e. The summed E-state index contributed by atoms with van der Waals surface area (Å²) in [4.78, 5) is 0. The second kappa shape index (κ2) is 10.2. The zero-order valence-electron chi connectivity index (χ0n) is 18.6. The Kier molecular flexibility index (Phi) is 7.47. The summed E-state index contributed by atoms with van der Waals surface area (Å²) in [5.74, 6) is 0.614. The van der Waals surface area contributed by atoms with Gasteiger partial charge in [-0.05, 0) is 75.4 Å². The quantitative estimate of drug-likeness (QED) is 0.281. The van der Waals surface area contributed by atoms with E-state index in [-0.39, 0.29) is 24.2 Å². The zero-order valence-corrected chi connectivity index (χ0v) is 21.6.